The Hall–Kier alpha value is -2.50. The molecule has 2 rings (SSSR count). The number of anilines is 1. The van der Waals surface area contributed by atoms with Gasteiger partial charge in [-0.1, -0.05) is 0 Å². The average Bonchev–Trinajstić information content (AvgIpc) is 2.69. The van der Waals surface area contributed by atoms with E-state index < -0.39 is 11.0 Å². The first-order chi connectivity index (χ1) is 14.3. The third kappa shape index (κ3) is 6.78. The lowest BCUT2D eigenvalue weighted by Gasteiger charge is -2.21. The summed E-state index contributed by atoms with van der Waals surface area (Å²) in [6.07, 6.45) is 3.64. The summed E-state index contributed by atoms with van der Waals surface area (Å²) in [6.45, 7) is 12.5. The first-order valence-electron chi connectivity index (χ1n) is 10.9. The largest absolute Gasteiger partial charge is 0.493 e. The van der Waals surface area contributed by atoms with E-state index in [4.69, 9.17) is 13.9 Å². The van der Waals surface area contributed by atoms with Crippen LogP contribution in [0.2, 0.25) is 0 Å². The maximum atomic E-state index is 12.0. The Morgan fingerprint density at radius 1 is 1.00 bits per heavy atom. The second-order valence-corrected chi connectivity index (χ2v) is 8.43. The molecule has 30 heavy (non-hydrogen) atoms. The van der Waals surface area contributed by atoms with Crippen LogP contribution in [0.15, 0.2) is 33.5 Å². The summed E-state index contributed by atoms with van der Waals surface area (Å²) in [4.78, 5) is 25.9. The number of benzene rings is 1. The van der Waals surface area contributed by atoms with E-state index in [0.717, 1.165) is 49.8 Å². The number of hydrogen-bond acceptors (Lipinski definition) is 6. The van der Waals surface area contributed by atoms with E-state index in [1.807, 2.05) is 39.0 Å². The lowest BCUT2D eigenvalue weighted by molar-refractivity contribution is -0.153. The summed E-state index contributed by atoms with van der Waals surface area (Å²) in [7, 11) is 0. The first-order valence-corrected chi connectivity index (χ1v) is 10.9. The predicted octanol–water partition coefficient (Wildman–Crippen LogP) is 5.17. The minimum absolute atomic E-state index is 0.162. The van der Waals surface area contributed by atoms with Crippen molar-refractivity contribution in [2.24, 2.45) is 5.41 Å². The molecule has 0 saturated carbocycles. The predicted molar refractivity (Wildman–Crippen MR) is 120 cm³/mol. The molecule has 0 radical (unpaired) electrons. The summed E-state index contributed by atoms with van der Waals surface area (Å²) >= 11 is 0. The van der Waals surface area contributed by atoms with E-state index in [2.05, 4.69) is 18.7 Å². The Bertz CT molecular complexity index is 877. The fourth-order valence-corrected chi connectivity index (χ4v) is 3.15. The summed E-state index contributed by atoms with van der Waals surface area (Å²) in [5.41, 5.74) is 0.711. The smallest absolute Gasteiger partial charge is 0.339 e. The van der Waals surface area contributed by atoms with E-state index in [1.165, 1.54) is 6.07 Å². The van der Waals surface area contributed by atoms with Crippen molar-refractivity contribution >= 4 is 22.6 Å². The van der Waals surface area contributed by atoms with Crippen molar-refractivity contribution in [2.45, 2.75) is 60.3 Å². The van der Waals surface area contributed by atoms with Crippen molar-refractivity contribution in [3.8, 4) is 5.75 Å². The number of fused-ring (bicyclic) bond motifs is 1. The molecular formula is C24H35NO5. The van der Waals surface area contributed by atoms with Gasteiger partial charge in [-0.25, -0.2) is 4.79 Å². The van der Waals surface area contributed by atoms with Gasteiger partial charge in [0.05, 0.1) is 30.1 Å². The number of nitrogens with zero attached hydrogens (tertiary/aromatic N) is 1. The average molecular weight is 418 g/mol. The van der Waals surface area contributed by atoms with Crippen LogP contribution in [0.3, 0.4) is 0 Å². The zero-order chi connectivity index (χ0) is 22.1. The number of hydrogen-bond donors (Lipinski definition) is 0. The summed E-state index contributed by atoms with van der Waals surface area (Å²) in [5.74, 6) is 0.399. The van der Waals surface area contributed by atoms with E-state index in [-0.39, 0.29) is 5.97 Å². The van der Waals surface area contributed by atoms with Crippen LogP contribution in [0.5, 0.6) is 5.75 Å². The SMILES string of the molecule is CCN(CC)c1ccc2c(OCCCCCCOC(=O)C(C)(C)C)cc(=O)oc2c1. The molecule has 1 aromatic heterocycles. The molecule has 0 fully saturated rings. The molecule has 0 spiro atoms. The lowest BCUT2D eigenvalue weighted by atomic mass is 9.97. The van der Waals surface area contributed by atoms with E-state index >= 15 is 0 Å². The second kappa shape index (κ2) is 11.0. The van der Waals surface area contributed by atoms with Gasteiger partial charge >= 0.3 is 11.6 Å². The molecular weight excluding hydrogens is 382 g/mol. The molecule has 166 valence electrons. The molecule has 0 atom stereocenters. The van der Waals surface area contributed by atoms with Crippen LogP contribution in [0.25, 0.3) is 11.0 Å². The number of esters is 1. The topological polar surface area (TPSA) is 69.0 Å². The zero-order valence-electron chi connectivity index (χ0n) is 19.0. The maximum Gasteiger partial charge on any atom is 0.339 e. The van der Waals surface area contributed by atoms with Gasteiger partial charge in [-0.2, -0.15) is 0 Å². The Balaban J connectivity index is 1.83. The van der Waals surface area contributed by atoms with Gasteiger partial charge in [0.2, 0.25) is 0 Å². The molecule has 6 heteroatoms. The third-order valence-electron chi connectivity index (χ3n) is 4.96. The van der Waals surface area contributed by atoms with Crippen LogP contribution >= 0.6 is 0 Å². The Kier molecular flexibility index (Phi) is 8.75. The number of unbranched alkanes of at least 4 members (excludes halogenated alkanes) is 3. The molecule has 1 heterocycles. The Morgan fingerprint density at radius 2 is 1.67 bits per heavy atom. The molecule has 0 saturated heterocycles. The van der Waals surface area contributed by atoms with Gasteiger partial charge in [-0.15, -0.1) is 0 Å². The van der Waals surface area contributed by atoms with Crippen LogP contribution in [-0.2, 0) is 9.53 Å². The quantitative estimate of drug-likeness (QED) is 0.285. The molecule has 0 N–H and O–H groups in total. The van der Waals surface area contributed by atoms with Crippen molar-refractivity contribution in [3.05, 3.63) is 34.7 Å². The maximum absolute atomic E-state index is 12.0. The van der Waals surface area contributed by atoms with E-state index in [9.17, 15) is 9.59 Å². The highest BCUT2D eigenvalue weighted by Gasteiger charge is 2.22. The highest BCUT2D eigenvalue weighted by atomic mass is 16.5. The van der Waals surface area contributed by atoms with Crippen molar-refractivity contribution in [1.29, 1.82) is 0 Å². The molecule has 0 bridgehead atoms. The van der Waals surface area contributed by atoms with Crippen LogP contribution in [0, 0.1) is 5.41 Å². The van der Waals surface area contributed by atoms with Crippen LogP contribution in [0.1, 0.15) is 60.3 Å². The fraction of sp³-hybridized carbons (Fsp3) is 0.583. The number of rotatable bonds is 11. The van der Waals surface area contributed by atoms with Crippen molar-refractivity contribution in [3.63, 3.8) is 0 Å². The van der Waals surface area contributed by atoms with Gasteiger partial charge in [0.1, 0.15) is 11.3 Å². The minimum Gasteiger partial charge on any atom is -0.493 e. The zero-order valence-corrected chi connectivity index (χ0v) is 19.0. The number of ether oxygens (including phenoxy) is 2. The third-order valence-corrected chi connectivity index (χ3v) is 4.96. The molecule has 6 nitrogen and oxygen atoms in total. The second-order valence-electron chi connectivity index (χ2n) is 8.43. The van der Waals surface area contributed by atoms with Gasteiger partial charge in [0.25, 0.3) is 0 Å². The van der Waals surface area contributed by atoms with Crippen molar-refractivity contribution < 1.29 is 18.7 Å². The van der Waals surface area contributed by atoms with E-state index in [0.29, 0.717) is 24.5 Å². The highest BCUT2D eigenvalue weighted by Crippen LogP contribution is 2.28. The van der Waals surface area contributed by atoms with E-state index in [1.54, 1.807) is 0 Å². The van der Waals surface area contributed by atoms with Crippen LogP contribution in [0.4, 0.5) is 5.69 Å². The Morgan fingerprint density at radius 3 is 2.30 bits per heavy atom. The molecule has 0 aliphatic carbocycles. The number of carbonyl (C=O) groups excluding carboxylic acids is 1. The van der Waals surface area contributed by atoms with Crippen molar-refractivity contribution in [2.75, 3.05) is 31.2 Å². The summed E-state index contributed by atoms with van der Waals surface area (Å²) in [5, 5.41) is 0.805. The minimum atomic E-state index is -0.453. The van der Waals surface area contributed by atoms with Crippen molar-refractivity contribution in [1.82, 2.24) is 0 Å². The standard InChI is InChI=1S/C24H35NO5/c1-6-25(7-2)18-12-13-19-20(17-22(26)30-21(19)16-18)28-14-10-8-9-11-15-29-23(27)24(3,4)5/h12-13,16-17H,6-11,14-15H2,1-5H3. The summed E-state index contributed by atoms with van der Waals surface area (Å²) < 4.78 is 16.5. The highest BCUT2D eigenvalue weighted by molar-refractivity contribution is 5.86. The fourth-order valence-electron chi connectivity index (χ4n) is 3.15. The summed E-state index contributed by atoms with van der Waals surface area (Å²) in [6, 6.07) is 7.28. The van der Waals surface area contributed by atoms with Gasteiger partial charge in [0.15, 0.2) is 0 Å². The molecule has 0 aliphatic heterocycles. The number of carbonyl (C=O) groups is 1. The molecule has 2 aromatic rings. The normalized spacial score (nSPS) is 11.5. The van der Waals surface area contributed by atoms with Gasteiger partial charge < -0.3 is 18.8 Å². The first kappa shape index (κ1) is 23.8. The monoisotopic (exact) mass is 417 g/mol. The molecule has 1 aromatic carbocycles. The van der Waals surface area contributed by atoms with Gasteiger partial charge in [-0.05, 0) is 72.4 Å². The molecule has 0 amide bonds. The molecule has 0 unspecified atom stereocenters. The van der Waals surface area contributed by atoms with Gasteiger partial charge in [0, 0.05) is 24.8 Å². The molecule has 0 aliphatic rings. The van der Waals surface area contributed by atoms with Gasteiger partial charge in [-0.3, -0.25) is 4.79 Å². The van der Waals surface area contributed by atoms with Crippen LogP contribution in [-0.4, -0.2) is 32.3 Å². The Labute approximate surface area is 179 Å². The lowest BCUT2D eigenvalue weighted by Crippen LogP contribution is -2.23. The van der Waals surface area contributed by atoms with Crippen LogP contribution < -0.4 is 15.3 Å².